The quantitative estimate of drug-likeness (QED) is 0.183. The van der Waals surface area contributed by atoms with Gasteiger partial charge in [-0.05, 0) is 78.4 Å². The van der Waals surface area contributed by atoms with Gasteiger partial charge in [-0.2, -0.15) is 0 Å². The summed E-state index contributed by atoms with van der Waals surface area (Å²) >= 11 is 0. The first-order valence-electron chi connectivity index (χ1n) is 13.6. The maximum atomic E-state index is 12.2. The number of hydrogen-bond donors (Lipinski definition) is 3. The number of aromatic carboxylic acids is 1. The van der Waals surface area contributed by atoms with Crippen molar-refractivity contribution in [3.63, 3.8) is 0 Å². The maximum Gasteiger partial charge on any atom is 0.337 e. The smallest absolute Gasteiger partial charge is 0.337 e. The zero-order valence-corrected chi connectivity index (χ0v) is 23.9. The van der Waals surface area contributed by atoms with Gasteiger partial charge in [0.1, 0.15) is 0 Å². The van der Waals surface area contributed by atoms with Gasteiger partial charge in [-0.25, -0.2) is 9.59 Å². The monoisotopic (exact) mass is 555 g/mol. The minimum atomic E-state index is -1.14. The summed E-state index contributed by atoms with van der Waals surface area (Å²) in [5.74, 6) is -1.76. The molecule has 0 amide bonds. The summed E-state index contributed by atoms with van der Waals surface area (Å²) in [6.07, 6.45) is -0.332. The number of aliphatic hydroxyl groups excluding tert-OH is 1. The fourth-order valence-corrected chi connectivity index (χ4v) is 4.98. The van der Waals surface area contributed by atoms with Gasteiger partial charge in [0.15, 0.2) is 0 Å². The van der Waals surface area contributed by atoms with Crippen LogP contribution in [0.3, 0.4) is 0 Å². The highest BCUT2D eigenvalue weighted by molar-refractivity contribution is 5.97. The molecular weight excluding hydrogens is 518 g/mol. The highest BCUT2D eigenvalue weighted by atomic mass is 16.5. The van der Waals surface area contributed by atoms with Crippen LogP contribution in [-0.4, -0.2) is 54.1 Å². The summed E-state index contributed by atoms with van der Waals surface area (Å²) in [7, 11) is 1.25. The lowest BCUT2D eigenvalue weighted by Gasteiger charge is -2.28. The fourth-order valence-electron chi connectivity index (χ4n) is 4.98. The molecule has 0 bridgehead atoms. The van der Waals surface area contributed by atoms with Crippen molar-refractivity contribution in [1.82, 2.24) is 5.32 Å². The second kappa shape index (κ2) is 13.1. The molecule has 0 saturated carbocycles. The van der Waals surface area contributed by atoms with Crippen molar-refractivity contribution in [2.75, 3.05) is 20.3 Å². The van der Waals surface area contributed by atoms with Gasteiger partial charge >= 0.3 is 11.9 Å². The third-order valence-corrected chi connectivity index (χ3v) is 7.13. The molecule has 0 heterocycles. The average molecular weight is 556 g/mol. The van der Waals surface area contributed by atoms with E-state index in [0.717, 1.165) is 17.5 Å². The molecule has 0 aliphatic rings. The highest BCUT2D eigenvalue weighted by Gasteiger charge is 2.21. The highest BCUT2D eigenvalue weighted by Crippen LogP contribution is 2.32. The van der Waals surface area contributed by atoms with E-state index in [0.29, 0.717) is 12.1 Å². The van der Waals surface area contributed by atoms with Crippen molar-refractivity contribution in [3.05, 3.63) is 107 Å². The van der Waals surface area contributed by atoms with Gasteiger partial charge in [0, 0.05) is 12.1 Å². The first-order chi connectivity index (χ1) is 19.6. The van der Waals surface area contributed by atoms with Crippen molar-refractivity contribution in [1.29, 1.82) is 0 Å². The zero-order chi connectivity index (χ0) is 29.6. The molecule has 4 aromatic rings. The van der Waals surface area contributed by atoms with Gasteiger partial charge in [0.25, 0.3) is 0 Å². The second-order valence-corrected chi connectivity index (χ2v) is 10.9. The van der Waals surface area contributed by atoms with Gasteiger partial charge in [-0.1, -0.05) is 66.7 Å². The van der Waals surface area contributed by atoms with E-state index in [4.69, 9.17) is 9.47 Å². The van der Waals surface area contributed by atoms with E-state index in [1.807, 2.05) is 43.3 Å². The van der Waals surface area contributed by atoms with Crippen molar-refractivity contribution in [2.24, 2.45) is 0 Å². The topological polar surface area (TPSA) is 105 Å². The Labute approximate surface area is 240 Å². The van der Waals surface area contributed by atoms with E-state index in [-0.39, 0.29) is 23.3 Å². The molecule has 0 spiro atoms. The number of carbonyl (C=O) groups is 2. The summed E-state index contributed by atoms with van der Waals surface area (Å²) < 4.78 is 10.9. The number of hydrogen-bond acceptors (Lipinski definition) is 6. The predicted octanol–water partition coefficient (Wildman–Crippen LogP) is 6.04. The van der Waals surface area contributed by atoms with Crippen LogP contribution in [0.5, 0.6) is 0 Å². The van der Waals surface area contributed by atoms with E-state index in [1.54, 1.807) is 6.07 Å². The molecule has 0 aliphatic carbocycles. The van der Waals surface area contributed by atoms with E-state index >= 15 is 0 Å². The molecule has 0 fully saturated rings. The Morgan fingerprint density at radius 3 is 2.32 bits per heavy atom. The number of β-amino-alcohol motifs (C(OH)–C–C–N with tert-alkyl or cyclic N) is 1. The molecule has 3 N–H and O–H groups in total. The number of fused-ring (bicyclic) bond motifs is 1. The number of nitrogens with one attached hydrogen (secondary N) is 1. The minimum Gasteiger partial charge on any atom is -0.478 e. The summed E-state index contributed by atoms with van der Waals surface area (Å²) in [6, 6.07) is 26.7. The van der Waals surface area contributed by atoms with Crippen LogP contribution in [0, 0.1) is 0 Å². The molecule has 0 saturated heterocycles. The average Bonchev–Trinajstić information content (AvgIpc) is 2.97. The normalized spacial score (nSPS) is 13.1. The molecule has 7 heteroatoms. The van der Waals surface area contributed by atoms with Gasteiger partial charge < -0.3 is 25.0 Å². The lowest BCUT2D eigenvalue weighted by Crippen LogP contribution is -2.46. The number of benzene rings is 4. The van der Waals surface area contributed by atoms with E-state index in [9.17, 15) is 19.8 Å². The Morgan fingerprint density at radius 1 is 0.902 bits per heavy atom. The SMILES string of the molecule is COC(=O)c1cc(C(=O)O)cc(-c2ccccc2C(C)OC[C@H](O)CNC(C)(C)Cc2ccc3ccccc3c2)c1. The van der Waals surface area contributed by atoms with Crippen LogP contribution in [0.15, 0.2) is 84.9 Å². The van der Waals surface area contributed by atoms with Crippen molar-refractivity contribution >= 4 is 22.7 Å². The number of aliphatic hydroxyl groups is 1. The molecule has 1 unspecified atom stereocenters. The molecule has 4 rings (SSSR count). The van der Waals surface area contributed by atoms with Gasteiger partial charge in [-0.15, -0.1) is 0 Å². The molecule has 4 aromatic carbocycles. The Hall–Kier alpha value is -4.04. The summed E-state index contributed by atoms with van der Waals surface area (Å²) in [4.78, 5) is 23.9. The Bertz CT molecular complexity index is 1530. The molecule has 41 heavy (non-hydrogen) atoms. The Balaban J connectivity index is 1.39. The number of carbonyl (C=O) groups excluding carboxylic acids is 1. The minimum absolute atomic E-state index is 0.0147. The van der Waals surface area contributed by atoms with Crippen LogP contribution in [0.1, 0.15) is 58.7 Å². The van der Waals surface area contributed by atoms with Gasteiger partial charge in [0.2, 0.25) is 0 Å². The second-order valence-electron chi connectivity index (χ2n) is 10.9. The largest absolute Gasteiger partial charge is 0.478 e. The Morgan fingerprint density at radius 2 is 1.59 bits per heavy atom. The summed E-state index contributed by atoms with van der Waals surface area (Å²) in [6.45, 7) is 6.57. The molecule has 0 radical (unpaired) electrons. The third kappa shape index (κ3) is 7.79. The standard InChI is InChI=1S/C34H37NO6/c1-22(30-11-7-8-12-31(30)26-16-27(32(37)38)18-28(17-26)33(39)40-4)41-21-29(36)20-35-34(2,3)19-23-13-14-24-9-5-6-10-25(24)15-23/h5-18,22,29,35-36H,19-21H2,1-4H3,(H,37,38)/t22?,29-/m1/s1. The molecule has 214 valence electrons. The molecule has 7 nitrogen and oxygen atoms in total. The van der Waals surface area contributed by atoms with Gasteiger partial charge in [0.05, 0.1) is 37.1 Å². The Kier molecular flexibility index (Phi) is 9.55. The van der Waals surface area contributed by atoms with E-state index in [1.165, 1.54) is 35.6 Å². The predicted molar refractivity (Wildman–Crippen MR) is 160 cm³/mol. The lowest BCUT2D eigenvalue weighted by atomic mass is 9.93. The van der Waals surface area contributed by atoms with Gasteiger partial charge in [-0.3, -0.25) is 0 Å². The zero-order valence-electron chi connectivity index (χ0n) is 23.9. The third-order valence-electron chi connectivity index (χ3n) is 7.13. The number of carboxylic acid groups (broad SMARTS) is 1. The van der Waals surface area contributed by atoms with Crippen molar-refractivity contribution in [2.45, 2.75) is 44.9 Å². The van der Waals surface area contributed by atoms with E-state index in [2.05, 4.69) is 49.5 Å². The number of rotatable bonds is 12. The summed E-state index contributed by atoms with van der Waals surface area (Å²) in [5, 5.41) is 26.2. The van der Waals surface area contributed by atoms with Crippen molar-refractivity contribution in [3.8, 4) is 11.1 Å². The number of methoxy groups -OCH3 is 1. The molecular formula is C34H37NO6. The van der Waals surface area contributed by atoms with Crippen LogP contribution < -0.4 is 5.32 Å². The fraction of sp³-hybridized carbons (Fsp3) is 0.294. The molecule has 2 atom stereocenters. The number of carboxylic acids is 1. The lowest BCUT2D eigenvalue weighted by molar-refractivity contribution is -0.00397. The summed E-state index contributed by atoms with van der Waals surface area (Å²) in [5.41, 5.74) is 3.22. The van der Waals surface area contributed by atoms with Crippen LogP contribution in [0.4, 0.5) is 0 Å². The number of ether oxygens (including phenoxy) is 2. The van der Waals surface area contributed by atoms with Crippen molar-refractivity contribution < 1.29 is 29.3 Å². The van der Waals surface area contributed by atoms with Crippen LogP contribution in [0.2, 0.25) is 0 Å². The molecule has 0 aliphatic heterocycles. The van der Waals surface area contributed by atoms with Crippen LogP contribution in [-0.2, 0) is 15.9 Å². The first kappa shape index (κ1) is 29.9. The van der Waals surface area contributed by atoms with Crippen LogP contribution >= 0.6 is 0 Å². The number of esters is 1. The van der Waals surface area contributed by atoms with Crippen LogP contribution in [0.25, 0.3) is 21.9 Å². The maximum absolute atomic E-state index is 12.2. The molecule has 0 aromatic heterocycles. The first-order valence-corrected chi connectivity index (χ1v) is 13.6. The van der Waals surface area contributed by atoms with E-state index < -0.39 is 24.1 Å².